The van der Waals surface area contributed by atoms with Crippen molar-refractivity contribution in [2.24, 2.45) is 0 Å². The molecule has 46 heavy (non-hydrogen) atoms. The Balaban J connectivity index is 3.81. The van der Waals surface area contributed by atoms with Gasteiger partial charge in [-0.25, -0.2) is 0 Å². The standard InChI is InChI=1S/C41H62O5/c1-3-5-7-9-11-13-15-17-19-20-22-24-26-28-30-32-34-36-41(44)46-39(37-42)38-45-40(43)35-33-31-29-27-25-23-21-18-16-14-12-10-8-6-4-2/h5-8,11-14,17-19,21-22,24-25,27-28,30,39,42H,3-4,9-10,15-16,20,23,26,29,31-38H2,1-2H3/b7-5+,8-6+,13-11+,14-12+,19-17+,21-18+,24-22+,27-25+,30-28+/t39-/m0/s1. The van der Waals surface area contributed by atoms with Crippen molar-refractivity contribution >= 4 is 11.9 Å². The second-order valence-corrected chi connectivity index (χ2v) is 10.8. The van der Waals surface area contributed by atoms with Crippen LogP contribution in [0.25, 0.3) is 0 Å². The van der Waals surface area contributed by atoms with Crippen LogP contribution < -0.4 is 0 Å². The monoisotopic (exact) mass is 634 g/mol. The lowest BCUT2D eigenvalue weighted by atomic mass is 10.2. The molecule has 0 aliphatic carbocycles. The zero-order chi connectivity index (χ0) is 33.6. The SMILES string of the molecule is CC/C=C/C/C=C/C/C=C/C/C=C/C/C=C/CCCC(=O)O[C@@H](CO)COC(=O)CCCC/C=C/C/C=C/C/C=C/C/C=C/CC. The number of hydrogen-bond donors (Lipinski definition) is 1. The first-order valence-corrected chi connectivity index (χ1v) is 17.4. The number of rotatable bonds is 29. The zero-order valence-electron chi connectivity index (χ0n) is 28.8. The Morgan fingerprint density at radius 1 is 0.500 bits per heavy atom. The number of aliphatic hydroxyl groups is 1. The first-order chi connectivity index (χ1) is 22.6. The molecule has 0 radical (unpaired) electrons. The summed E-state index contributed by atoms with van der Waals surface area (Å²) in [6.07, 6.45) is 51.5. The summed E-state index contributed by atoms with van der Waals surface area (Å²) in [5.41, 5.74) is 0. The van der Waals surface area contributed by atoms with Crippen molar-refractivity contribution in [3.63, 3.8) is 0 Å². The van der Waals surface area contributed by atoms with E-state index < -0.39 is 6.10 Å². The normalized spacial score (nSPS) is 13.5. The van der Waals surface area contributed by atoms with Gasteiger partial charge in [0, 0.05) is 12.8 Å². The van der Waals surface area contributed by atoms with Crippen LogP contribution in [0.2, 0.25) is 0 Å². The Morgan fingerprint density at radius 2 is 0.870 bits per heavy atom. The summed E-state index contributed by atoms with van der Waals surface area (Å²) in [6, 6.07) is 0. The maximum absolute atomic E-state index is 12.1. The van der Waals surface area contributed by atoms with Crippen LogP contribution in [-0.2, 0) is 19.1 Å². The van der Waals surface area contributed by atoms with Crippen LogP contribution in [-0.4, -0.2) is 36.4 Å². The van der Waals surface area contributed by atoms with Gasteiger partial charge in [-0.15, -0.1) is 0 Å². The van der Waals surface area contributed by atoms with Crippen molar-refractivity contribution in [1.29, 1.82) is 0 Å². The molecule has 0 spiro atoms. The third kappa shape index (κ3) is 33.5. The minimum absolute atomic E-state index is 0.118. The number of allylic oxidation sites excluding steroid dienone is 18. The van der Waals surface area contributed by atoms with Gasteiger partial charge in [0.15, 0.2) is 6.10 Å². The smallest absolute Gasteiger partial charge is 0.306 e. The molecule has 0 fully saturated rings. The number of carbonyl (C=O) groups is 2. The van der Waals surface area contributed by atoms with Crippen LogP contribution in [0.15, 0.2) is 109 Å². The minimum Gasteiger partial charge on any atom is -0.462 e. The van der Waals surface area contributed by atoms with E-state index in [1.165, 1.54) is 0 Å². The number of esters is 2. The Morgan fingerprint density at radius 3 is 1.28 bits per heavy atom. The summed E-state index contributed by atoms with van der Waals surface area (Å²) >= 11 is 0. The highest BCUT2D eigenvalue weighted by Gasteiger charge is 2.15. The van der Waals surface area contributed by atoms with E-state index in [-0.39, 0.29) is 31.6 Å². The predicted octanol–water partition coefficient (Wildman–Crippen LogP) is 10.7. The summed E-state index contributed by atoms with van der Waals surface area (Å²) in [4.78, 5) is 24.1. The van der Waals surface area contributed by atoms with Gasteiger partial charge in [-0.1, -0.05) is 123 Å². The third-order valence-corrected chi connectivity index (χ3v) is 6.56. The van der Waals surface area contributed by atoms with E-state index in [0.29, 0.717) is 12.8 Å². The van der Waals surface area contributed by atoms with Crippen molar-refractivity contribution in [2.75, 3.05) is 13.2 Å². The molecule has 5 nitrogen and oxygen atoms in total. The van der Waals surface area contributed by atoms with Crippen molar-refractivity contribution in [2.45, 2.75) is 123 Å². The van der Waals surface area contributed by atoms with E-state index in [1.54, 1.807) is 0 Å². The summed E-state index contributed by atoms with van der Waals surface area (Å²) < 4.78 is 10.5. The second kappa shape index (κ2) is 36.0. The number of carbonyl (C=O) groups excluding carboxylic acids is 2. The summed E-state index contributed by atoms with van der Waals surface area (Å²) in [5, 5.41) is 9.51. The van der Waals surface area contributed by atoms with Crippen LogP contribution in [0.5, 0.6) is 0 Å². The number of unbranched alkanes of at least 4 members (excludes halogenated alkanes) is 3. The van der Waals surface area contributed by atoms with Crippen molar-refractivity contribution in [1.82, 2.24) is 0 Å². The fourth-order valence-corrected chi connectivity index (χ4v) is 3.99. The Labute approximate surface area is 280 Å². The molecular weight excluding hydrogens is 572 g/mol. The molecule has 0 bridgehead atoms. The van der Waals surface area contributed by atoms with Crippen molar-refractivity contribution in [3.05, 3.63) is 109 Å². The number of hydrogen-bond acceptors (Lipinski definition) is 5. The highest BCUT2D eigenvalue weighted by atomic mass is 16.6. The van der Waals surface area contributed by atoms with E-state index in [0.717, 1.165) is 83.5 Å². The molecular formula is C41H62O5. The molecule has 5 heteroatoms. The zero-order valence-corrected chi connectivity index (χ0v) is 28.8. The molecule has 0 saturated carbocycles. The Kier molecular flexibility index (Phi) is 33.3. The molecule has 0 aromatic heterocycles. The lowest BCUT2D eigenvalue weighted by Gasteiger charge is -2.15. The van der Waals surface area contributed by atoms with Crippen LogP contribution in [0.4, 0.5) is 0 Å². The van der Waals surface area contributed by atoms with E-state index >= 15 is 0 Å². The Hall–Kier alpha value is -3.44. The molecule has 0 saturated heterocycles. The first kappa shape index (κ1) is 42.6. The highest BCUT2D eigenvalue weighted by Crippen LogP contribution is 2.06. The van der Waals surface area contributed by atoms with Crippen molar-refractivity contribution in [3.8, 4) is 0 Å². The average molecular weight is 635 g/mol. The fourth-order valence-electron chi connectivity index (χ4n) is 3.99. The first-order valence-electron chi connectivity index (χ1n) is 17.4. The van der Waals surface area contributed by atoms with Gasteiger partial charge in [0.05, 0.1) is 6.61 Å². The van der Waals surface area contributed by atoms with Crippen LogP contribution in [0, 0.1) is 0 Å². The van der Waals surface area contributed by atoms with Crippen LogP contribution >= 0.6 is 0 Å². The van der Waals surface area contributed by atoms with Crippen molar-refractivity contribution < 1.29 is 24.2 Å². The molecule has 0 aromatic carbocycles. The highest BCUT2D eigenvalue weighted by molar-refractivity contribution is 5.70. The van der Waals surface area contributed by atoms with E-state index in [2.05, 4.69) is 123 Å². The van der Waals surface area contributed by atoms with Gasteiger partial charge < -0.3 is 14.6 Å². The van der Waals surface area contributed by atoms with E-state index in [4.69, 9.17) is 9.47 Å². The van der Waals surface area contributed by atoms with Gasteiger partial charge in [0.1, 0.15) is 6.61 Å². The van der Waals surface area contributed by atoms with Gasteiger partial charge in [-0.05, 0) is 89.9 Å². The summed E-state index contributed by atoms with van der Waals surface area (Å²) in [5.74, 6) is -0.724. The minimum atomic E-state index is -0.825. The molecule has 0 aliphatic heterocycles. The predicted molar refractivity (Wildman–Crippen MR) is 195 cm³/mol. The summed E-state index contributed by atoms with van der Waals surface area (Å²) in [6.45, 7) is 3.79. The lowest BCUT2D eigenvalue weighted by Crippen LogP contribution is -2.28. The van der Waals surface area contributed by atoms with Crippen LogP contribution in [0.1, 0.15) is 117 Å². The fraction of sp³-hybridized carbons (Fsp3) is 0.512. The third-order valence-electron chi connectivity index (χ3n) is 6.56. The van der Waals surface area contributed by atoms with Gasteiger partial charge in [0.25, 0.3) is 0 Å². The number of ether oxygens (including phenoxy) is 2. The molecule has 0 amide bonds. The Bertz CT molecular complexity index is 990. The molecule has 0 unspecified atom stereocenters. The molecule has 1 N–H and O–H groups in total. The maximum Gasteiger partial charge on any atom is 0.306 e. The molecule has 0 heterocycles. The quantitative estimate of drug-likeness (QED) is 0.0503. The number of aliphatic hydroxyl groups excluding tert-OH is 1. The molecule has 1 atom stereocenters. The van der Waals surface area contributed by atoms with Gasteiger partial charge in [-0.3, -0.25) is 9.59 Å². The largest absolute Gasteiger partial charge is 0.462 e. The molecule has 0 aromatic rings. The topological polar surface area (TPSA) is 72.8 Å². The molecule has 0 rings (SSSR count). The van der Waals surface area contributed by atoms with E-state index in [9.17, 15) is 14.7 Å². The van der Waals surface area contributed by atoms with Crippen LogP contribution in [0.3, 0.4) is 0 Å². The van der Waals surface area contributed by atoms with E-state index in [1.807, 2.05) is 0 Å². The average Bonchev–Trinajstić information content (AvgIpc) is 3.06. The summed E-state index contributed by atoms with van der Waals surface area (Å²) in [7, 11) is 0. The van der Waals surface area contributed by atoms with Gasteiger partial charge >= 0.3 is 11.9 Å². The second-order valence-electron chi connectivity index (χ2n) is 10.8. The molecule has 256 valence electrons. The van der Waals surface area contributed by atoms with Gasteiger partial charge in [-0.2, -0.15) is 0 Å². The maximum atomic E-state index is 12.1. The van der Waals surface area contributed by atoms with Gasteiger partial charge in [0.2, 0.25) is 0 Å². The molecule has 0 aliphatic rings. The lowest BCUT2D eigenvalue weighted by molar-refractivity contribution is -0.161.